The molecule has 0 bridgehead atoms. The van der Waals surface area contributed by atoms with Crippen molar-refractivity contribution < 1.29 is 0 Å². The molecule has 2 rings (SSSR count). The summed E-state index contributed by atoms with van der Waals surface area (Å²) in [6, 6.07) is 5.54. The van der Waals surface area contributed by atoms with Crippen LogP contribution in [-0.4, -0.2) is 17.0 Å². The number of H-pyrrole nitrogens is 1. The Morgan fingerprint density at radius 1 is 1.31 bits per heavy atom. The Morgan fingerprint density at radius 2 is 2.12 bits per heavy atom. The number of aromatic nitrogens is 2. The Hall–Kier alpha value is -1.03. The van der Waals surface area contributed by atoms with Crippen LogP contribution >= 0.6 is 23.2 Å². The summed E-state index contributed by atoms with van der Waals surface area (Å²) in [4.78, 5) is 7.29. The van der Waals surface area contributed by atoms with Crippen LogP contribution in [0.1, 0.15) is 17.4 Å². The molecule has 1 heterocycles. The Bertz CT molecular complexity index is 468. The van der Waals surface area contributed by atoms with Gasteiger partial charge in [0.2, 0.25) is 0 Å². The zero-order chi connectivity index (χ0) is 11.5. The summed E-state index contributed by atoms with van der Waals surface area (Å²) in [5, 5.41) is 4.27. The van der Waals surface area contributed by atoms with E-state index >= 15 is 0 Å². The van der Waals surface area contributed by atoms with Crippen LogP contribution < -0.4 is 5.32 Å². The quantitative estimate of drug-likeness (QED) is 0.886. The second kappa shape index (κ2) is 4.87. The van der Waals surface area contributed by atoms with Crippen molar-refractivity contribution >= 4 is 23.2 Å². The molecular weight excluding hydrogens is 245 g/mol. The van der Waals surface area contributed by atoms with Crippen LogP contribution in [0.15, 0.2) is 30.6 Å². The second-order valence-corrected chi connectivity index (χ2v) is 4.18. The maximum Gasteiger partial charge on any atom is 0.127 e. The highest BCUT2D eigenvalue weighted by atomic mass is 35.5. The van der Waals surface area contributed by atoms with Crippen molar-refractivity contribution in [2.75, 3.05) is 7.05 Å². The summed E-state index contributed by atoms with van der Waals surface area (Å²) in [6.07, 6.45) is 3.51. The minimum atomic E-state index is -0.00948. The lowest BCUT2D eigenvalue weighted by Crippen LogP contribution is -2.18. The molecule has 16 heavy (non-hydrogen) atoms. The number of halogens is 2. The first-order valence-corrected chi connectivity index (χ1v) is 5.59. The van der Waals surface area contributed by atoms with E-state index in [1.54, 1.807) is 18.5 Å². The zero-order valence-corrected chi connectivity index (χ0v) is 10.2. The van der Waals surface area contributed by atoms with Gasteiger partial charge in [0.05, 0.1) is 16.1 Å². The number of benzene rings is 1. The summed E-state index contributed by atoms with van der Waals surface area (Å²) >= 11 is 11.9. The van der Waals surface area contributed by atoms with Crippen molar-refractivity contribution in [3.63, 3.8) is 0 Å². The number of imidazole rings is 1. The van der Waals surface area contributed by atoms with Crippen molar-refractivity contribution in [2.45, 2.75) is 6.04 Å². The minimum Gasteiger partial charge on any atom is -0.347 e. The standard InChI is InChI=1S/C11H11Cl2N3/c1-14-10(11-15-4-5-16-11)7-2-3-8(12)9(13)6-7/h2-6,10,14H,1H3,(H,15,16). The lowest BCUT2D eigenvalue weighted by molar-refractivity contribution is 0.655. The molecule has 3 nitrogen and oxygen atoms in total. The number of rotatable bonds is 3. The third-order valence-electron chi connectivity index (χ3n) is 2.36. The molecule has 0 fully saturated rings. The Labute approximate surface area is 104 Å². The van der Waals surface area contributed by atoms with E-state index in [2.05, 4.69) is 15.3 Å². The molecule has 2 N–H and O–H groups in total. The van der Waals surface area contributed by atoms with E-state index in [1.807, 2.05) is 19.2 Å². The fraction of sp³-hybridized carbons (Fsp3) is 0.182. The molecule has 0 amide bonds. The lowest BCUT2D eigenvalue weighted by Gasteiger charge is -2.14. The van der Waals surface area contributed by atoms with Gasteiger partial charge in [0.15, 0.2) is 0 Å². The Kier molecular flexibility index (Phi) is 3.49. The first-order chi connectivity index (χ1) is 7.72. The molecule has 2 aromatic rings. The number of hydrogen-bond donors (Lipinski definition) is 2. The summed E-state index contributed by atoms with van der Waals surface area (Å²) in [5.41, 5.74) is 1.02. The molecular formula is C11H11Cl2N3. The van der Waals surface area contributed by atoms with E-state index in [9.17, 15) is 0 Å². The van der Waals surface area contributed by atoms with E-state index in [0.717, 1.165) is 11.4 Å². The molecule has 0 saturated carbocycles. The Balaban J connectivity index is 2.37. The molecule has 1 unspecified atom stereocenters. The fourth-order valence-corrected chi connectivity index (χ4v) is 1.90. The van der Waals surface area contributed by atoms with Gasteiger partial charge >= 0.3 is 0 Å². The molecule has 84 valence electrons. The number of nitrogens with one attached hydrogen (secondary N) is 2. The summed E-state index contributed by atoms with van der Waals surface area (Å²) < 4.78 is 0. The topological polar surface area (TPSA) is 40.7 Å². The minimum absolute atomic E-state index is 0.00948. The van der Waals surface area contributed by atoms with Gasteiger partial charge in [0, 0.05) is 12.4 Å². The fourth-order valence-electron chi connectivity index (χ4n) is 1.59. The lowest BCUT2D eigenvalue weighted by atomic mass is 10.1. The highest BCUT2D eigenvalue weighted by molar-refractivity contribution is 6.42. The van der Waals surface area contributed by atoms with Gasteiger partial charge in [-0.15, -0.1) is 0 Å². The molecule has 1 aromatic heterocycles. The first-order valence-electron chi connectivity index (χ1n) is 4.84. The van der Waals surface area contributed by atoms with Gasteiger partial charge in [-0.05, 0) is 24.7 Å². The maximum atomic E-state index is 5.99. The molecule has 1 aromatic carbocycles. The summed E-state index contributed by atoms with van der Waals surface area (Å²) in [7, 11) is 1.87. The van der Waals surface area contributed by atoms with Gasteiger partial charge in [-0.2, -0.15) is 0 Å². The predicted molar refractivity (Wildman–Crippen MR) is 66.0 cm³/mol. The van der Waals surface area contributed by atoms with E-state index in [-0.39, 0.29) is 6.04 Å². The normalized spacial score (nSPS) is 12.7. The van der Waals surface area contributed by atoms with E-state index in [0.29, 0.717) is 10.0 Å². The van der Waals surface area contributed by atoms with Gasteiger partial charge < -0.3 is 10.3 Å². The van der Waals surface area contributed by atoms with Gasteiger partial charge in [0.25, 0.3) is 0 Å². The van der Waals surface area contributed by atoms with Gasteiger partial charge in [-0.3, -0.25) is 0 Å². The van der Waals surface area contributed by atoms with Crippen molar-refractivity contribution in [3.8, 4) is 0 Å². The zero-order valence-electron chi connectivity index (χ0n) is 8.67. The third kappa shape index (κ3) is 2.21. The van der Waals surface area contributed by atoms with Gasteiger partial charge in [0.1, 0.15) is 5.82 Å². The van der Waals surface area contributed by atoms with Crippen molar-refractivity contribution in [1.82, 2.24) is 15.3 Å². The molecule has 0 saturated heterocycles. The number of nitrogens with zero attached hydrogens (tertiary/aromatic N) is 1. The molecule has 0 aliphatic carbocycles. The number of hydrogen-bond acceptors (Lipinski definition) is 2. The Morgan fingerprint density at radius 3 is 2.69 bits per heavy atom. The van der Waals surface area contributed by atoms with Crippen molar-refractivity contribution in [2.24, 2.45) is 0 Å². The summed E-state index contributed by atoms with van der Waals surface area (Å²) in [5.74, 6) is 0.848. The maximum absolute atomic E-state index is 5.99. The van der Waals surface area contributed by atoms with Crippen molar-refractivity contribution in [1.29, 1.82) is 0 Å². The van der Waals surface area contributed by atoms with E-state index < -0.39 is 0 Å². The van der Waals surface area contributed by atoms with Gasteiger partial charge in [-0.25, -0.2) is 4.98 Å². The molecule has 5 heteroatoms. The predicted octanol–water partition coefficient (Wildman–Crippen LogP) is 3.03. The highest BCUT2D eigenvalue weighted by Crippen LogP contribution is 2.27. The molecule has 0 radical (unpaired) electrons. The van der Waals surface area contributed by atoms with Crippen LogP contribution in [0, 0.1) is 0 Å². The monoisotopic (exact) mass is 255 g/mol. The number of aromatic amines is 1. The molecule has 0 spiro atoms. The summed E-state index contributed by atoms with van der Waals surface area (Å²) in [6.45, 7) is 0. The largest absolute Gasteiger partial charge is 0.347 e. The second-order valence-electron chi connectivity index (χ2n) is 3.37. The van der Waals surface area contributed by atoms with Crippen LogP contribution in [0.2, 0.25) is 10.0 Å². The smallest absolute Gasteiger partial charge is 0.127 e. The van der Waals surface area contributed by atoms with Crippen LogP contribution in [0.25, 0.3) is 0 Å². The third-order valence-corrected chi connectivity index (χ3v) is 3.10. The molecule has 1 atom stereocenters. The van der Waals surface area contributed by atoms with E-state index in [4.69, 9.17) is 23.2 Å². The first kappa shape index (κ1) is 11.5. The van der Waals surface area contributed by atoms with Crippen LogP contribution in [0.4, 0.5) is 0 Å². The van der Waals surface area contributed by atoms with Crippen molar-refractivity contribution in [3.05, 3.63) is 52.0 Å². The van der Waals surface area contributed by atoms with E-state index in [1.165, 1.54) is 0 Å². The average Bonchev–Trinajstić information content (AvgIpc) is 2.78. The average molecular weight is 256 g/mol. The van der Waals surface area contributed by atoms with Crippen LogP contribution in [-0.2, 0) is 0 Å². The van der Waals surface area contributed by atoms with Gasteiger partial charge in [-0.1, -0.05) is 29.3 Å². The SMILES string of the molecule is CNC(c1ccc(Cl)c(Cl)c1)c1ncc[nH]1. The van der Waals surface area contributed by atoms with Crippen LogP contribution in [0.3, 0.4) is 0 Å². The van der Waals surface area contributed by atoms with Crippen LogP contribution in [0.5, 0.6) is 0 Å². The highest BCUT2D eigenvalue weighted by Gasteiger charge is 2.14. The molecule has 0 aliphatic heterocycles. The molecule has 0 aliphatic rings.